The molecule has 1 unspecified atom stereocenters. The zero-order chi connectivity index (χ0) is 18.3. The Labute approximate surface area is 151 Å². The summed E-state index contributed by atoms with van der Waals surface area (Å²) in [6, 6.07) is 4.38. The maximum Gasteiger partial charge on any atom is 0.326 e. The highest BCUT2D eigenvalue weighted by Gasteiger charge is 2.31. The van der Waals surface area contributed by atoms with E-state index in [1.54, 1.807) is 7.11 Å². The van der Waals surface area contributed by atoms with Crippen molar-refractivity contribution >= 4 is 17.0 Å². The summed E-state index contributed by atoms with van der Waals surface area (Å²) in [5.74, 6) is 0.686. The highest BCUT2D eigenvalue weighted by Crippen LogP contribution is 2.30. The minimum absolute atomic E-state index is 0.0626. The number of cyclic esters (lactones) is 1. The minimum Gasteiger partial charge on any atom is -0.496 e. The van der Waals surface area contributed by atoms with Gasteiger partial charge in [-0.1, -0.05) is 0 Å². The van der Waals surface area contributed by atoms with Crippen LogP contribution in [0.15, 0.2) is 16.9 Å². The third-order valence-electron chi connectivity index (χ3n) is 5.73. The van der Waals surface area contributed by atoms with Crippen molar-refractivity contribution in [3.05, 3.63) is 28.2 Å². The molecule has 0 aliphatic carbocycles. The normalized spacial score (nSPS) is 22.5. The monoisotopic (exact) mass is 359 g/mol. The van der Waals surface area contributed by atoms with Gasteiger partial charge in [-0.3, -0.25) is 14.3 Å². The number of fused-ring (bicyclic) bond motifs is 1. The molecule has 2 saturated heterocycles. The second-order valence-electron chi connectivity index (χ2n) is 7.27. The van der Waals surface area contributed by atoms with Gasteiger partial charge in [0, 0.05) is 31.2 Å². The predicted octanol–water partition coefficient (Wildman–Crippen LogP) is 1.99. The van der Waals surface area contributed by atoms with Gasteiger partial charge in [0.2, 0.25) is 0 Å². The zero-order valence-corrected chi connectivity index (χ0v) is 15.3. The summed E-state index contributed by atoms with van der Waals surface area (Å²) in [5, 5.41) is 0. The molecular formula is C19H25N3O4. The molecule has 140 valence electrons. The molecule has 2 fully saturated rings. The minimum atomic E-state index is -0.0966. The summed E-state index contributed by atoms with van der Waals surface area (Å²) in [7, 11) is 1.64. The van der Waals surface area contributed by atoms with Crippen LogP contribution in [0.5, 0.6) is 5.75 Å². The molecule has 0 spiro atoms. The summed E-state index contributed by atoms with van der Waals surface area (Å²) in [4.78, 5) is 29.4. The average Bonchev–Trinajstić information content (AvgIpc) is 2.96. The average molecular weight is 359 g/mol. The fourth-order valence-corrected chi connectivity index (χ4v) is 4.32. The van der Waals surface area contributed by atoms with Gasteiger partial charge in [0.25, 0.3) is 0 Å². The summed E-state index contributed by atoms with van der Waals surface area (Å²) < 4.78 is 12.3. The van der Waals surface area contributed by atoms with E-state index >= 15 is 0 Å². The highest BCUT2D eigenvalue weighted by atomic mass is 16.5. The molecule has 0 radical (unpaired) electrons. The number of hydrogen-bond acceptors (Lipinski definition) is 5. The van der Waals surface area contributed by atoms with Crippen molar-refractivity contribution in [3.63, 3.8) is 0 Å². The Bertz CT molecular complexity index is 877. The van der Waals surface area contributed by atoms with Crippen molar-refractivity contribution in [3.8, 4) is 5.75 Å². The van der Waals surface area contributed by atoms with Crippen molar-refractivity contribution in [2.45, 2.75) is 44.7 Å². The van der Waals surface area contributed by atoms with Crippen LogP contribution >= 0.6 is 0 Å². The Hall–Kier alpha value is -2.28. The molecule has 26 heavy (non-hydrogen) atoms. The highest BCUT2D eigenvalue weighted by molar-refractivity contribution is 5.78. The van der Waals surface area contributed by atoms with E-state index in [1.807, 2.05) is 23.6 Å². The smallest absolute Gasteiger partial charge is 0.326 e. The van der Waals surface area contributed by atoms with Crippen LogP contribution in [0.25, 0.3) is 11.0 Å². The van der Waals surface area contributed by atoms with Crippen molar-refractivity contribution in [1.29, 1.82) is 0 Å². The van der Waals surface area contributed by atoms with Gasteiger partial charge in [0.1, 0.15) is 5.75 Å². The molecule has 0 saturated carbocycles. The lowest BCUT2D eigenvalue weighted by atomic mass is 9.99. The zero-order valence-electron chi connectivity index (χ0n) is 15.3. The molecule has 2 aromatic rings. The topological polar surface area (TPSA) is 76.6 Å². The first-order valence-electron chi connectivity index (χ1n) is 9.25. The lowest BCUT2D eigenvalue weighted by Gasteiger charge is -2.38. The van der Waals surface area contributed by atoms with Crippen molar-refractivity contribution in [2.24, 2.45) is 0 Å². The molecule has 7 heteroatoms. The molecule has 0 amide bonds. The van der Waals surface area contributed by atoms with E-state index in [1.165, 1.54) is 0 Å². The fourth-order valence-electron chi connectivity index (χ4n) is 4.32. The molecule has 7 nitrogen and oxygen atoms in total. The van der Waals surface area contributed by atoms with Crippen molar-refractivity contribution in [1.82, 2.24) is 14.5 Å². The molecule has 1 aromatic heterocycles. The largest absolute Gasteiger partial charge is 0.496 e. The van der Waals surface area contributed by atoms with Gasteiger partial charge < -0.3 is 14.5 Å². The number of aromatic amines is 1. The van der Waals surface area contributed by atoms with E-state index in [2.05, 4.69) is 9.88 Å². The second-order valence-corrected chi connectivity index (χ2v) is 7.27. The van der Waals surface area contributed by atoms with Gasteiger partial charge >= 0.3 is 11.7 Å². The molecule has 3 heterocycles. The number of rotatable bonds is 3. The number of methoxy groups -OCH3 is 1. The van der Waals surface area contributed by atoms with Crippen LogP contribution in [0.2, 0.25) is 0 Å². The fraction of sp³-hybridized carbons (Fsp3) is 0.579. The number of ether oxygens (including phenoxy) is 2. The number of benzene rings is 1. The number of hydrogen-bond donors (Lipinski definition) is 1. The van der Waals surface area contributed by atoms with Crippen LogP contribution in [-0.2, 0) is 9.53 Å². The van der Waals surface area contributed by atoms with Crippen LogP contribution in [0.1, 0.15) is 37.3 Å². The maximum absolute atomic E-state index is 12.6. The molecule has 4 rings (SSSR count). The van der Waals surface area contributed by atoms with E-state index in [-0.39, 0.29) is 23.7 Å². The first-order valence-corrected chi connectivity index (χ1v) is 9.25. The molecule has 1 aromatic carbocycles. The number of piperidine rings is 1. The lowest BCUT2D eigenvalue weighted by molar-refractivity contribution is -0.150. The van der Waals surface area contributed by atoms with Gasteiger partial charge in [-0.05, 0) is 37.8 Å². The van der Waals surface area contributed by atoms with E-state index < -0.39 is 0 Å². The summed E-state index contributed by atoms with van der Waals surface area (Å²) >= 11 is 0. The summed E-state index contributed by atoms with van der Waals surface area (Å²) in [5.41, 5.74) is 2.71. The number of carbonyl (C=O) groups is 1. The van der Waals surface area contributed by atoms with Crippen LogP contribution in [-0.4, -0.2) is 53.3 Å². The standard InChI is InChI=1S/C19H25N3O4/c1-12-9-16-15(11-17(12)25-2)20-19(24)22(16)13-3-6-21(7-4-13)14-5-8-26-18(23)10-14/h9,11,13-14H,3-8,10H2,1-2H3,(H,20,24). The van der Waals surface area contributed by atoms with Gasteiger partial charge in [-0.15, -0.1) is 0 Å². The van der Waals surface area contributed by atoms with Crippen molar-refractivity contribution in [2.75, 3.05) is 26.8 Å². The Morgan fingerprint density at radius 2 is 1.92 bits per heavy atom. The second kappa shape index (κ2) is 6.79. The number of aryl methyl sites for hydroxylation is 1. The van der Waals surface area contributed by atoms with E-state index in [4.69, 9.17) is 9.47 Å². The van der Waals surface area contributed by atoms with Gasteiger partial charge in [-0.25, -0.2) is 4.79 Å². The number of likely N-dealkylation sites (tertiary alicyclic amines) is 1. The number of H-pyrrole nitrogens is 1. The maximum atomic E-state index is 12.6. The first kappa shape index (κ1) is 17.1. The van der Waals surface area contributed by atoms with Gasteiger partial charge in [0.15, 0.2) is 0 Å². The van der Waals surface area contributed by atoms with E-state index in [9.17, 15) is 9.59 Å². The molecule has 2 aliphatic heterocycles. The van der Waals surface area contributed by atoms with Crippen LogP contribution < -0.4 is 10.4 Å². The summed E-state index contributed by atoms with van der Waals surface area (Å²) in [6.07, 6.45) is 3.20. The third kappa shape index (κ3) is 3.00. The van der Waals surface area contributed by atoms with Crippen LogP contribution in [0, 0.1) is 6.92 Å². The molecular weight excluding hydrogens is 334 g/mol. The third-order valence-corrected chi connectivity index (χ3v) is 5.73. The number of imidazole rings is 1. The number of aromatic nitrogens is 2. The quantitative estimate of drug-likeness (QED) is 0.848. The number of carbonyl (C=O) groups excluding carboxylic acids is 1. The van der Waals surface area contributed by atoms with E-state index in [0.29, 0.717) is 13.0 Å². The Morgan fingerprint density at radius 1 is 1.15 bits per heavy atom. The Kier molecular flexibility index (Phi) is 4.48. The SMILES string of the molecule is COc1cc2[nH]c(=O)n(C3CCN(C4CCOC(=O)C4)CC3)c2cc1C. The van der Waals surface area contributed by atoms with Gasteiger partial charge in [-0.2, -0.15) is 0 Å². The Morgan fingerprint density at radius 3 is 2.62 bits per heavy atom. The first-order chi connectivity index (χ1) is 12.6. The molecule has 2 aliphatic rings. The lowest BCUT2D eigenvalue weighted by Crippen LogP contribution is -2.46. The van der Waals surface area contributed by atoms with Crippen molar-refractivity contribution < 1.29 is 14.3 Å². The molecule has 1 atom stereocenters. The van der Waals surface area contributed by atoms with Gasteiger partial charge in [0.05, 0.1) is 31.2 Å². The van der Waals surface area contributed by atoms with E-state index in [0.717, 1.165) is 54.7 Å². The summed E-state index contributed by atoms with van der Waals surface area (Å²) in [6.45, 7) is 4.31. The number of esters is 1. The number of nitrogens with one attached hydrogen (secondary N) is 1. The predicted molar refractivity (Wildman–Crippen MR) is 97.7 cm³/mol. The van der Waals surface area contributed by atoms with Crippen LogP contribution in [0.4, 0.5) is 0 Å². The Balaban J connectivity index is 1.54. The molecule has 0 bridgehead atoms. The molecule has 1 N–H and O–H groups in total. The van der Waals surface area contributed by atoms with Crippen LogP contribution in [0.3, 0.4) is 0 Å². The number of nitrogens with zero attached hydrogens (tertiary/aromatic N) is 2.